The Morgan fingerprint density at radius 2 is 2.00 bits per heavy atom. The van der Waals surface area contributed by atoms with Crippen LogP contribution in [0.5, 0.6) is 0 Å². The third-order valence-electron chi connectivity index (χ3n) is 5.19. The molecule has 2 aliphatic rings. The number of alkyl halides is 2. The number of nitrogens with one attached hydrogen (secondary N) is 1. The number of carbonyl (C=O) groups is 1. The van der Waals surface area contributed by atoms with Crippen molar-refractivity contribution in [1.82, 2.24) is 9.47 Å². The van der Waals surface area contributed by atoms with Gasteiger partial charge in [0.1, 0.15) is 5.54 Å². The van der Waals surface area contributed by atoms with E-state index < -0.39 is 23.5 Å². The fourth-order valence-electron chi connectivity index (χ4n) is 3.34. The fraction of sp³-hybridized carbons (Fsp3) is 0.647. The number of esters is 1. The molecule has 0 bridgehead atoms. The zero-order valence-corrected chi connectivity index (χ0v) is 14.4. The van der Waals surface area contributed by atoms with Crippen LogP contribution in [0.25, 0.3) is 0 Å². The molecule has 0 unspecified atom stereocenters. The molecule has 138 valence electrons. The van der Waals surface area contributed by atoms with Gasteiger partial charge in [-0.2, -0.15) is 0 Å². The lowest BCUT2D eigenvalue weighted by Gasteiger charge is -2.30. The lowest BCUT2D eigenvalue weighted by atomic mass is 10.0. The number of carbonyl (C=O) groups excluding carboxylic acids is 1. The monoisotopic (exact) mass is 355 g/mol. The third-order valence-corrected chi connectivity index (χ3v) is 5.19. The normalized spacial score (nSPS) is 20.5. The van der Waals surface area contributed by atoms with E-state index in [-0.39, 0.29) is 24.4 Å². The van der Waals surface area contributed by atoms with Crippen molar-refractivity contribution >= 4 is 11.7 Å². The number of likely N-dealkylation sites (tertiary alicyclic amines) is 1. The minimum Gasteiger partial charge on any atom is -0.465 e. The molecule has 6 nitrogen and oxygen atoms in total. The molecule has 0 spiro atoms. The van der Waals surface area contributed by atoms with Gasteiger partial charge in [0, 0.05) is 18.3 Å². The van der Waals surface area contributed by atoms with Gasteiger partial charge in [0.2, 0.25) is 0 Å². The molecule has 2 heterocycles. The average Bonchev–Trinajstić information content (AvgIpc) is 3.38. The van der Waals surface area contributed by atoms with Crippen LogP contribution >= 0.6 is 0 Å². The number of rotatable bonds is 5. The van der Waals surface area contributed by atoms with Crippen LogP contribution in [0.4, 0.5) is 14.5 Å². The van der Waals surface area contributed by atoms with Gasteiger partial charge in [0.25, 0.3) is 12.0 Å². The molecule has 1 N–H and O–H groups in total. The molecular weight excluding hydrogens is 332 g/mol. The summed E-state index contributed by atoms with van der Waals surface area (Å²) < 4.78 is 32.5. The molecule has 1 aromatic heterocycles. The molecule has 1 aromatic rings. The van der Waals surface area contributed by atoms with Gasteiger partial charge in [0.15, 0.2) is 0 Å². The molecule has 0 radical (unpaired) electrons. The van der Waals surface area contributed by atoms with E-state index >= 15 is 0 Å². The quantitative estimate of drug-likeness (QED) is 0.818. The second-order valence-corrected chi connectivity index (χ2v) is 6.93. The lowest BCUT2D eigenvalue weighted by molar-refractivity contribution is 0.0580. The first-order valence-electron chi connectivity index (χ1n) is 8.46. The number of anilines is 1. The summed E-state index contributed by atoms with van der Waals surface area (Å²) in [7, 11) is 3.27. The maximum Gasteiger partial charge on any atom is 0.341 e. The van der Waals surface area contributed by atoms with Gasteiger partial charge in [-0.25, -0.2) is 13.6 Å². The summed E-state index contributed by atoms with van der Waals surface area (Å²) in [6.45, 7) is 1.83. The Bertz CT molecular complexity index is 708. The molecule has 2 fully saturated rings. The average molecular weight is 355 g/mol. The third kappa shape index (κ3) is 3.40. The number of methoxy groups -OCH3 is 1. The minimum absolute atomic E-state index is 0.118. The predicted octanol–water partition coefficient (Wildman–Crippen LogP) is 1.90. The summed E-state index contributed by atoms with van der Waals surface area (Å²) in [5.74, 6) is -0.644. The summed E-state index contributed by atoms with van der Waals surface area (Å²) in [6.07, 6.45) is 0.788. The highest BCUT2D eigenvalue weighted by Gasteiger charge is 2.53. The van der Waals surface area contributed by atoms with Crippen LogP contribution in [0.1, 0.15) is 36.0 Å². The first-order valence-corrected chi connectivity index (χ1v) is 8.46. The molecular formula is C17H23F2N3O3. The van der Waals surface area contributed by atoms with Crippen LogP contribution in [0.15, 0.2) is 17.1 Å². The molecule has 8 heteroatoms. The van der Waals surface area contributed by atoms with E-state index in [2.05, 4.69) is 10.2 Å². The van der Waals surface area contributed by atoms with E-state index in [4.69, 9.17) is 4.74 Å². The second kappa shape index (κ2) is 6.74. The summed E-state index contributed by atoms with van der Waals surface area (Å²) in [6, 6.07) is 1.37. The molecule has 1 saturated carbocycles. The number of aromatic nitrogens is 1. The minimum atomic E-state index is -2.65. The van der Waals surface area contributed by atoms with Crippen molar-refractivity contribution < 1.29 is 18.3 Å². The summed E-state index contributed by atoms with van der Waals surface area (Å²) in [4.78, 5) is 26.8. The van der Waals surface area contributed by atoms with Gasteiger partial charge in [-0.1, -0.05) is 0 Å². The standard InChI is InChI=1S/C17H23F2N3O3/c1-21-7-3-11(4-8-21)20-13-9-14(23)22(10-12(13)15(24)25-2)17(5-6-17)16(18)19/h9-11,16,20H,3-8H2,1-2H3. The van der Waals surface area contributed by atoms with E-state index in [1.165, 1.54) is 19.4 Å². The van der Waals surface area contributed by atoms with Crippen molar-refractivity contribution in [1.29, 1.82) is 0 Å². The number of nitrogens with zero attached hydrogens (tertiary/aromatic N) is 2. The SMILES string of the molecule is COC(=O)c1cn(C2(C(F)F)CC2)c(=O)cc1NC1CCN(C)CC1. The highest BCUT2D eigenvalue weighted by molar-refractivity contribution is 5.95. The van der Waals surface area contributed by atoms with E-state index in [1.54, 1.807) is 0 Å². The molecule has 1 aliphatic heterocycles. The Kier molecular flexibility index (Phi) is 4.81. The van der Waals surface area contributed by atoms with E-state index in [0.29, 0.717) is 5.69 Å². The van der Waals surface area contributed by atoms with Crippen LogP contribution in [0.2, 0.25) is 0 Å². The van der Waals surface area contributed by atoms with Crippen molar-refractivity contribution in [3.63, 3.8) is 0 Å². The van der Waals surface area contributed by atoms with Crippen LogP contribution < -0.4 is 10.9 Å². The molecule has 1 saturated heterocycles. The van der Waals surface area contributed by atoms with Crippen LogP contribution in [-0.4, -0.2) is 55.2 Å². The Morgan fingerprint density at radius 1 is 1.36 bits per heavy atom. The van der Waals surface area contributed by atoms with Gasteiger partial charge in [0.05, 0.1) is 18.4 Å². The number of pyridine rings is 1. The molecule has 0 amide bonds. The number of piperidine rings is 1. The van der Waals surface area contributed by atoms with Crippen molar-refractivity contribution in [2.45, 2.75) is 43.7 Å². The van der Waals surface area contributed by atoms with Crippen molar-refractivity contribution in [3.8, 4) is 0 Å². The molecule has 0 atom stereocenters. The Labute approximate surface area is 144 Å². The topological polar surface area (TPSA) is 63.6 Å². The summed E-state index contributed by atoms with van der Waals surface area (Å²) >= 11 is 0. The predicted molar refractivity (Wildman–Crippen MR) is 89.4 cm³/mol. The maximum absolute atomic E-state index is 13.4. The lowest BCUT2D eigenvalue weighted by Crippen LogP contribution is -2.39. The number of halogens is 2. The van der Waals surface area contributed by atoms with Crippen molar-refractivity contribution in [2.75, 3.05) is 32.6 Å². The molecule has 0 aromatic carbocycles. The smallest absolute Gasteiger partial charge is 0.341 e. The second-order valence-electron chi connectivity index (χ2n) is 6.93. The van der Waals surface area contributed by atoms with Crippen LogP contribution in [0.3, 0.4) is 0 Å². The highest BCUT2D eigenvalue weighted by Crippen LogP contribution is 2.47. The summed E-state index contributed by atoms with van der Waals surface area (Å²) in [5.41, 5.74) is -1.53. The Balaban J connectivity index is 1.94. The number of hydrogen-bond acceptors (Lipinski definition) is 5. The Morgan fingerprint density at radius 3 is 2.52 bits per heavy atom. The molecule has 1 aliphatic carbocycles. The Hall–Kier alpha value is -1.96. The largest absolute Gasteiger partial charge is 0.465 e. The van der Waals surface area contributed by atoms with E-state index in [0.717, 1.165) is 30.5 Å². The van der Waals surface area contributed by atoms with Gasteiger partial charge in [-0.3, -0.25) is 4.79 Å². The van der Waals surface area contributed by atoms with Gasteiger partial charge < -0.3 is 19.5 Å². The van der Waals surface area contributed by atoms with Crippen LogP contribution in [0, 0.1) is 0 Å². The highest BCUT2D eigenvalue weighted by atomic mass is 19.3. The molecule has 25 heavy (non-hydrogen) atoms. The first-order chi connectivity index (χ1) is 11.9. The van der Waals surface area contributed by atoms with E-state index in [9.17, 15) is 18.4 Å². The first kappa shape index (κ1) is 17.8. The zero-order valence-electron chi connectivity index (χ0n) is 14.4. The zero-order chi connectivity index (χ0) is 18.2. The number of ether oxygens (including phenoxy) is 1. The fourth-order valence-corrected chi connectivity index (χ4v) is 3.34. The van der Waals surface area contributed by atoms with Crippen molar-refractivity contribution in [3.05, 3.63) is 28.2 Å². The van der Waals surface area contributed by atoms with Gasteiger partial charge in [-0.15, -0.1) is 0 Å². The van der Waals surface area contributed by atoms with Crippen molar-refractivity contribution in [2.24, 2.45) is 0 Å². The maximum atomic E-state index is 13.4. The van der Waals surface area contributed by atoms with E-state index in [1.807, 2.05) is 7.05 Å². The van der Waals surface area contributed by atoms with Gasteiger partial charge >= 0.3 is 5.97 Å². The molecule has 3 rings (SSSR count). The summed E-state index contributed by atoms with van der Waals surface area (Å²) in [5, 5.41) is 3.23. The van der Waals surface area contributed by atoms with Gasteiger partial charge in [-0.05, 0) is 45.8 Å². The number of hydrogen-bond donors (Lipinski definition) is 1. The van der Waals surface area contributed by atoms with Crippen LogP contribution in [-0.2, 0) is 10.3 Å².